The second-order valence-electron chi connectivity index (χ2n) is 4.01. The Labute approximate surface area is 99.6 Å². The molecule has 3 nitrogen and oxygen atoms in total. The number of hydrogen-bond donors (Lipinski definition) is 0. The molecule has 4 heteroatoms. The fourth-order valence-electron chi connectivity index (χ4n) is 1.51. The van der Waals surface area contributed by atoms with Gasteiger partial charge in [-0.3, -0.25) is 9.59 Å². The molecular weight excluding hydrogens is 223 g/mol. The summed E-state index contributed by atoms with van der Waals surface area (Å²) in [4.78, 5) is 23.0. The molecule has 0 saturated heterocycles. The lowest BCUT2D eigenvalue weighted by molar-refractivity contribution is -0.141. The lowest BCUT2D eigenvalue weighted by Gasteiger charge is -2.09. The molecule has 1 aromatic carbocycles. The first-order chi connectivity index (χ1) is 7.95. The van der Waals surface area contributed by atoms with E-state index in [1.165, 1.54) is 25.3 Å². The molecule has 0 aliphatic carbocycles. The predicted molar refractivity (Wildman–Crippen MR) is 61.3 cm³/mol. The van der Waals surface area contributed by atoms with Gasteiger partial charge in [-0.15, -0.1) is 0 Å². The van der Waals surface area contributed by atoms with E-state index in [0.29, 0.717) is 11.1 Å². The largest absolute Gasteiger partial charge is 0.469 e. The fraction of sp³-hybridized carbons (Fsp3) is 0.385. The molecule has 1 atom stereocenters. The molecule has 0 bridgehead atoms. The Bertz CT molecular complexity index is 440. The van der Waals surface area contributed by atoms with Crippen LogP contribution in [0.1, 0.15) is 29.3 Å². The van der Waals surface area contributed by atoms with Crippen LogP contribution in [0.15, 0.2) is 18.2 Å². The predicted octanol–water partition coefficient (Wildman–Crippen LogP) is 2.52. The van der Waals surface area contributed by atoms with Gasteiger partial charge in [0.15, 0.2) is 5.78 Å². The van der Waals surface area contributed by atoms with Crippen LogP contribution in [0.2, 0.25) is 0 Å². The highest BCUT2D eigenvalue weighted by atomic mass is 19.1. The Morgan fingerprint density at radius 3 is 2.59 bits per heavy atom. The lowest BCUT2D eigenvalue weighted by Crippen LogP contribution is -2.16. The van der Waals surface area contributed by atoms with Crippen LogP contribution in [0.5, 0.6) is 0 Å². The third-order valence-corrected chi connectivity index (χ3v) is 2.59. The van der Waals surface area contributed by atoms with E-state index in [4.69, 9.17) is 0 Å². The number of halogens is 1. The van der Waals surface area contributed by atoms with Gasteiger partial charge in [-0.1, -0.05) is 6.92 Å². The van der Waals surface area contributed by atoms with Gasteiger partial charge in [-0.05, 0) is 30.7 Å². The minimum absolute atomic E-state index is 0.0335. The number of carbonyl (C=O) groups is 2. The van der Waals surface area contributed by atoms with Crippen molar-refractivity contribution in [2.24, 2.45) is 5.92 Å². The lowest BCUT2D eigenvalue weighted by atomic mass is 9.95. The average molecular weight is 238 g/mol. The number of esters is 1. The maximum atomic E-state index is 13.0. The number of ketones is 1. The second-order valence-corrected chi connectivity index (χ2v) is 4.01. The fourth-order valence-corrected chi connectivity index (χ4v) is 1.51. The Morgan fingerprint density at radius 2 is 2.06 bits per heavy atom. The maximum Gasteiger partial charge on any atom is 0.306 e. The highest BCUT2D eigenvalue weighted by Crippen LogP contribution is 2.15. The summed E-state index contributed by atoms with van der Waals surface area (Å²) in [5.74, 6) is -1.42. The van der Waals surface area contributed by atoms with Gasteiger partial charge in [0, 0.05) is 11.5 Å². The van der Waals surface area contributed by atoms with E-state index in [-0.39, 0.29) is 18.0 Å². The molecule has 0 aliphatic rings. The van der Waals surface area contributed by atoms with Crippen molar-refractivity contribution in [3.63, 3.8) is 0 Å². The molecular formula is C13H15FO3. The number of methoxy groups -OCH3 is 1. The molecule has 0 amide bonds. The van der Waals surface area contributed by atoms with Gasteiger partial charge in [-0.2, -0.15) is 0 Å². The van der Waals surface area contributed by atoms with Gasteiger partial charge in [0.2, 0.25) is 0 Å². The Hall–Kier alpha value is -1.71. The van der Waals surface area contributed by atoms with Crippen LogP contribution in [0.25, 0.3) is 0 Å². The summed E-state index contributed by atoms with van der Waals surface area (Å²) in [7, 11) is 1.28. The van der Waals surface area contributed by atoms with Crippen LogP contribution in [0, 0.1) is 18.7 Å². The zero-order chi connectivity index (χ0) is 13.0. The molecule has 92 valence electrons. The van der Waals surface area contributed by atoms with E-state index in [9.17, 15) is 14.0 Å². The molecule has 0 aromatic heterocycles. The molecule has 1 aromatic rings. The molecule has 0 N–H and O–H groups in total. The first-order valence-electron chi connectivity index (χ1n) is 5.33. The first-order valence-corrected chi connectivity index (χ1v) is 5.33. The van der Waals surface area contributed by atoms with Gasteiger partial charge in [0.25, 0.3) is 0 Å². The van der Waals surface area contributed by atoms with Crippen molar-refractivity contribution in [1.29, 1.82) is 0 Å². The van der Waals surface area contributed by atoms with Crippen LogP contribution in [0.3, 0.4) is 0 Å². The van der Waals surface area contributed by atoms with Crippen LogP contribution in [0.4, 0.5) is 4.39 Å². The SMILES string of the molecule is COC(=O)CC(C)C(=O)c1ccc(F)c(C)c1. The summed E-state index contributed by atoms with van der Waals surface area (Å²) in [5, 5.41) is 0. The molecule has 0 saturated carbocycles. The van der Waals surface area contributed by atoms with Gasteiger partial charge in [0.05, 0.1) is 13.5 Å². The zero-order valence-electron chi connectivity index (χ0n) is 10.1. The molecule has 0 spiro atoms. The maximum absolute atomic E-state index is 13.0. The molecule has 0 heterocycles. The molecule has 0 fully saturated rings. The zero-order valence-corrected chi connectivity index (χ0v) is 10.1. The first kappa shape index (κ1) is 13.4. The molecule has 0 radical (unpaired) electrons. The molecule has 17 heavy (non-hydrogen) atoms. The summed E-state index contributed by atoms with van der Waals surface area (Å²) in [6, 6.07) is 4.18. The van der Waals surface area contributed by atoms with E-state index in [1.807, 2.05) is 0 Å². The number of aryl methyl sites for hydroxylation is 1. The van der Waals surface area contributed by atoms with Crippen molar-refractivity contribution in [1.82, 2.24) is 0 Å². The smallest absolute Gasteiger partial charge is 0.306 e. The average Bonchev–Trinajstić information content (AvgIpc) is 2.31. The highest BCUT2D eigenvalue weighted by Gasteiger charge is 2.19. The normalized spacial score (nSPS) is 12.0. The van der Waals surface area contributed by atoms with Crippen LogP contribution < -0.4 is 0 Å². The molecule has 0 aliphatic heterocycles. The van der Waals surface area contributed by atoms with Gasteiger partial charge < -0.3 is 4.74 Å². The van der Waals surface area contributed by atoms with Crippen molar-refractivity contribution >= 4 is 11.8 Å². The quantitative estimate of drug-likeness (QED) is 0.598. The number of carbonyl (C=O) groups excluding carboxylic acids is 2. The third kappa shape index (κ3) is 3.37. The third-order valence-electron chi connectivity index (χ3n) is 2.59. The Kier molecular flexibility index (Phi) is 4.37. The number of hydrogen-bond acceptors (Lipinski definition) is 3. The van der Waals surface area contributed by atoms with Crippen LogP contribution in [-0.4, -0.2) is 18.9 Å². The van der Waals surface area contributed by atoms with Gasteiger partial charge >= 0.3 is 5.97 Å². The van der Waals surface area contributed by atoms with Crippen molar-refractivity contribution in [3.8, 4) is 0 Å². The van der Waals surface area contributed by atoms with Crippen LogP contribution in [-0.2, 0) is 9.53 Å². The summed E-state index contributed by atoms with van der Waals surface area (Å²) < 4.78 is 17.5. The van der Waals surface area contributed by atoms with Crippen LogP contribution >= 0.6 is 0 Å². The van der Waals surface area contributed by atoms with Crippen molar-refractivity contribution in [3.05, 3.63) is 35.1 Å². The number of rotatable bonds is 4. The number of ether oxygens (including phenoxy) is 1. The molecule has 1 rings (SSSR count). The van der Waals surface area contributed by atoms with Crippen molar-refractivity contribution in [2.45, 2.75) is 20.3 Å². The van der Waals surface area contributed by atoms with Crippen molar-refractivity contribution < 1.29 is 18.7 Å². The van der Waals surface area contributed by atoms with E-state index in [2.05, 4.69) is 4.74 Å². The monoisotopic (exact) mass is 238 g/mol. The van der Waals surface area contributed by atoms with E-state index >= 15 is 0 Å². The summed E-state index contributed by atoms with van der Waals surface area (Å²) in [6.45, 7) is 3.25. The standard InChI is InChI=1S/C13H15FO3/c1-8-6-10(4-5-11(8)14)13(16)9(2)7-12(15)17-3/h4-6,9H,7H2,1-3H3. The summed E-state index contributed by atoms with van der Waals surface area (Å²) >= 11 is 0. The number of Topliss-reactive ketones (excluding diaryl/α,β-unsaturated/α-hetero) is 1. The second kappa shape index (κ2) is 5.57. The topological polar surface area (TPSA) is 43.4 Å². The van der Waals surface area contributed by atoms with E-state index in [1.54, 1.807) is 13.8 Å². The minimum atomic E-state index is -0.465. The summed E-state index contributed by atoms with van der Waals surface area (Å²) in [5.41, 5.74) is 0.835. The van der Waals surface area contributed by atoms with Gasteiger partial charge in [-0.25, -0.2) is 4.39 Å². The Morgan fingerprint density at radius 1 is 1.41 bits per heavy atom. The highest BCUT2D eigenvalue weighted by molar-refractivity contribution is 5.99. The van der Waals surface area contributed by atoms with Crippen molar-refractivity contribution in [2.75, 3.05) is 7.11 Å². The van der Waals surface area contributed by atoms with E-state index < -0.39 is 11.9 Å². The Balaban J connectivity index is 2.81. The van der Waals surface area contributed by atoms with E-state index in [0.717, 1.165) is 0 Å². The summed E-state index contributed by atoms with van der Waals surface area (Å²) in [6.07, 6.45) is 0.0335. The molecule has 1 unspecified atom stereocenters. The number of benzene rings is 1. The minimum Gasteiger partial charge on any atom is -0.469 e. The van der Waals surface area contributed by atoms with Gasteiger partial charge in [0.1, 0.15) is 5.82 Å².